The van der Waals surface area contributed by atoms with Gasteiger partial charge in [0, 0.05) is 12.4 Å². The fourth-order valence-corrected chi connectivity index (χ4v) is 1.75. The lowest BCUT2D eigenvalue weighted by Gasteiger charge is -1.89. The average molecular weight is 293 g/mol. The fourth-order valence-electron chi connectivity index (χ4n) is 1.05. The first-order chi connectivity index (χ1) is 5.68. The zero-order chi connectivity index (χ0) is 8.72. The molecule has 0 aliphatic rings. The second-order valence-corrected chi connectivity index (χ2v) is 3.85. The van der Waals surface area contributed by atoms with Crippen LogP contribution in [0.25, 0.3) is 10.9 Å². The van der Waals surface area contributed by atoms with Gasteiger partial charge in [0.05, 0.1) is 6.20 Å². The predicted octanol–water partition coefficient (Wildman–Crippen LogP) is 2.23. The Morgan fingerprint density at radius 3 is 3.08 bits per heavy atom. The maximum absolute atomic E-state index is 5.75. The Labute approximate surface area is 87.9 Å². The highest BCUT2D eigenvalue weighted by molar-refractivity contribution is 14.1. The molecule has 0 saturated carbocycles. The van der Waals surface area contributed by atoms with Crippen molar-refractivity contribution in [3.63, 3.8) is 0 Å². The lowest BCUT2D eigenvalue weighted by Crippen LogP contribution is -1.91. The highest BCUT2D eigenvalue weighted by atomic mass is 127. The van der Waals surface area contributed by atoms with Gasteiger partial charge in [-0.15, -0.1) is 0 Å². The molecule has 0 aromatic carbocycles. The van der Waals surface area contributed by atoms with Gasteiger partial charge in [-0.25, -0.2) is 4.98 Å². The summed E-state index contributed by atoms with van der Waals surface area (Å²) in [5.74, 6) is 0. The summed E-state index contributed by atoms with van der Waals surface area (Å²) in [5.41, 5.74) is 0.881. The molecule has 2 aromatic heterocycles. The van der Waals surface area contributed by atoms with Crippen molar-refractivity contribution < 1.29 is 0 Å². The van der Waals surface area contributed by atoms with Gasteiger partial charge in [-0.2, -0.15) is 5.10 Å². The Bertz CT molecular complexity index is 437. The molecule has 0 bridgehead atoms. The van der Waals surface area contributed by atoms with E-state index in [2.05, 4.69) is 32.7 Å². The molecule has 0 fully saturated rings. The predicted molar refractivity (Wildman–Crippen MR) is 56.2 cm³/mol. The van der Waals surface area contributed by atoms with Crippen LogP contribution >= 0.6 is 34.2 Å². The zero-order valence-corrected chi connectivity index (χ0v) is 9.17. The van der Waals surface area contributed by atoms with Crippen LogP contribution in [0.4, 0.5) is 0 Å². The first-order valence-corrected chi connectivity index (χ1v) is 4.78. The van der Waals surface area contributed by atoms with Gasteiger partial charge >= 0.3 is 0 Å². The summed E-state index contributed by atoms with van der Waals surface area (Å²) in [6, 6.07) is 1.83. The molecule has 5 heteroatoms. The second-order valence-electron chi connectivity index (χ2n) is 2.44. The van der Waals surface area contributed by atoms with Crippen molar-refractivity contribution in [1.82, 2.24) is 14.8 Å². The summed E-state index contributed by atoms with van der Waals surface area (Å²) >= 11 is 7.98. The smallest absolute Gasteiger partial charge is 0.129 e. The van der Waals surface area contributed by atoms with Crippen LogP contribution in [0, 0.1) is 3.70 Å². The van der Waals surface area contributed by atoms with Crippen LogP contribution in [-0.2, 0) is 7.05 Å². The standard InChI is InChI=1S/C7H5ClIN3/c1-12-7(9)4-2-6(8)10-3-5(4)11-12/h2-3H,1H3. The lowest BCUT2D eigenvalue weighted by molar-refractivity contribution is 0.758. The molecule has 2 aromatic rings. The Hall–Kier alpha value is -0.360. The molecule has 0 unspecified atom stereocenters. The van der Waals surface area contributed by atoms with Crippen molar-refractivity contribution in [2.75, 3.05) is 0 Å². The van der Waals surface area contributed by atoms with E-state index in [1.165, 1.54) is 0 Å². The normalized spacial score (nSPS) is 10.9. The van der Waals surface area contributed by atoms with Gasteiger partial charge in [-0.1, -0.05) is 11.6 Å². The molecule has 0 spiro atoms. The van der Waals surface area contributed by atoms with Gasteiger partial charge in [0.2, 0.25) is 0 Å². The first-order valence-electron chi connectivity index (χ1n) is 3.32. The lowest BCUT2D eigenvalue weighted by atomic mass is 10.3. The van der Waals surface area contributed by atoms with Gasteiger partial charge in [0.15, 0.2) is 0 Å². The maximum atomic E-state index is 5.75. The Morgan fingerprint density at radius 1 is 1.58 bits per heavy atom. The fraction of sp³-hybridized carbons (Fsp3) is 0.143. The third kappa shape index (κ3) is 1.19. The van der Waals surface area contributed by atoms with Gasteiger partial charge in [-0.05, 0) is 28.7 Å². The number of hydrogen-bond donors (Lipinski definition) is 0. The van der Waals surface area contributed by atoms with E-state index in [1.54, 1.807) is 6.20 Å². The molecule has 0 aliphatic carbocycles. The summed E-state index contributed by atoms with van der Waals surface area (Å²) in [4.78, 5) is 3.95. The number of aryl methyl sites for hydroxylation is 1. The summed E-state index contributed by atoms with van der Waals surface area (Å²) in [6.07, 6.45) is 1.68. The largest absolute Gasteiger partial charge is 0.261 e. The molecule has 0 N–H and O–H groups in total. The second kappa shape index (κ2) is 2.85. The van der Waals surface area contributed by atoms with E-state index in [1.807, 2.05) is 17.8 Å². The number of hydrogen-bond acceptors (Lipinski definition) is 2. The average Bonchev–Trinajstić information content (AvgIpc) is 2.31. The van der Waals surface area contributed by atoms with E-state index in [0.717, 1.165) is 14.6 Å². The number of nitrogens with zero attached hydrogens (tertiary/aromatic N) is 3. The third-order valence-electron chi connectivity index (χ3n) is 1.61. The monoisotopic (exact) mass is 293 g/mol. The summed E-state index contributed by atoms with van der Waals surface area (Å²) in [7, 11) is 1.90. The molecule has 0 amide bonds. The third-order valence-corrected chi connectivity index (χ3v) is 3.10. The van der Waals surface area contributed by atoms with Crippen LogP contribution in [-0.4, -0.2) is 14.8 Å². The Kier molecular flexibility index (Phi) is 1.96. The minimum Gasteiger partial charge on any atom is -0.261 e. The van der Waals surface area contributed by atoms with Crippen LogP contribution in [0.2, 0.25) is 5.15 Å². The number of halogens is 2. The van der Waals surface area contributed by atoms with Gasteiger partial charge in [0.25, 0.3) is 0 Å². The number of aromatic nitrogens is 3. The summed E-state index contributed by atoms with van der Waals surface area (Å²) in [6.45, 7) is 0. The molecule has 0 atom stereocenters. The maximum Gasteiger partial charge on any atom is 0.129 e. The highest BCUT2D eigenvalue weighted by Gasteiger charge is 2.05. The van der Waals surface area contributed by atoms with Crippen molar-refractivity contribution in [3.05, 3.63) is 21.1 Å². The van der Waals surface area contributed by atoms with E-state index < -0.39 is 0 Å². The van der Waals surface area contributed by atoms with E-state index >= 15 is 0 Å². The molecule has 62 valence electrons. The van der Waals surface area contributed by atoms with Gasteiger partial charge in [-0.3, -0.25) is 4.68 Å². The topological polar surface area (TPSA) is 30.7 Å². The minimum atomic E-state index is 0.508. The molecular weight excluding hydrogens is 288 g/mol. The van der Waals surface area contributed by atoms with Crippen LogP contribution in [0.3, 0.4) is 0 Å². The van der Waals surface area contributed by atoms with Crippen molar-refractivity contribution in [2.24, 2.45) is 7.05 Å². The molecule has 0 radical (unpaired) electrons. The van der Waals surface area contributed by atoms with E-state index in [-0.39, 0.29) is 0 Å². The van der Waals surface area contributed by atoms with Gasteiger partial charge in [0.1, 0.15) is 14.4 Å². The van der Waals surface area contributed by atoms with E-state index in [0.29, 0.717) is 5.15 Å². The minimum absolute atomic E-state index is 0.508. The van der Waals surface area contributed by atoms with Crippen molar-refractivity contribution in [1.29, 1.82) is 0 Å². The number of pyridine rings is 1. The first kappa shape index (κ1) is 8.25. The molecule has 12 heavy (non-hydrogen) atoms. The molecule has 2 rings (SSSR count). The van der Waals surface area contributed by atoms with Crippen molar-refractivity contribution >= 4 is 45.1 Å². The SMILES string of the molecule is Cn1nc2cnc(Cl)cc2c1I. The molecule has 0 saturated heterocycles. The van der Waals surface area contributed by atoms with E-state index in [4.69, 9.17) is 11.6 Å². The Balaban J connectivity index is 2.88. The molecule has 0 aliphatic heterocycles. The summed E-state index contributed by atoms with van der Waals surface area (Å²) < 4.78 is 2.88. The van der Waals surface area contributed by atoms with Gasteiger partial charge < -0.3 is 0 Å². The van der Waals surface area contributed by atoms with E-state index in [9.17, 15) is 0 Å². The summed E-state index contributed by atoms with van der Waals surface area (Å²) in [5, 5.41) is 5.80. The molecule has 3 nitrogen and oxygen atoms in total. The molecular formula is C7H5ClIN3. The van der Waals surface area contributed by atoms with Crippen molar-refractivity contribution in [3.8, 4) is 0 Å². The zero-order valence-electron chi connectivity index (χ0n) is 6.25. The van der Waals surface area contributed by atoms with Crippen LogP contribution in [0.1, 0.15) is 0 Å². The number of rotatable bonds is 0. The quantitative estimate of drug-likeness (QED) is 0.551. The Morgan fingerprint density at radius 2 is 2.33 bits per heavy atom. The van der Waals surface area contributed by atoms with Crippen LogP contribution in [0.5, 0.6) is 0 Å². The van der Waals surface area contributed by atoms with Crippen molar-refractivity contribution in [2.45, 2.75) is 0 Å². The van der Waals surface area contributed by atoms with Crippen LogP contribution < -0.4 is 0 Å². The van der Waals surface area contributed by atoms with Crippen LogP contribution in [0.15, 0.2) is 12.3 Å². The molecule has 2 heterocycles. The number of fused-ring (bicyclic) bond motifs is 1. The highest BCUT2D eigenvalue weighted by Crippen LogP contribution is 2.20.